The van der Waals surface area contributed by atoms with Crippen molar-refractivity contribution in [3.8, 4) is 0 Å². The molecule has 18 heavy (non-hydrogen) atoms. The monoisotopic (exact) mass is 260 g/mol. The average molecular weight is 260 g/mol. The summed E-state index contributed by atoms with van der Waals surface area (Å²) in [7, 11) is 0. The van der Waals surface area contributed by atoms with Gasteiger partial charge in [-0.25, -0.2) is 4.79 Å². The van der Waals surface area contributed by atoms with Crippen LogP contribution in [-0.2, 0) is 19.1 Å². The summed E-state index contributed by atoms with van der Waals surface area (Å²) < 4.78 is 10.4. The Morgan fingerprint density at radius 3 is 2.61 bits per heavy atom. The number of carbonyl (C=O) groups excluding carboxylic acids is 2. The Labute approximate surface area is 104 Å². The van der Waals surface area contributed by atoms with E-state index in [1.807, 2.05) is 5.32 Å². The van der Waals surface area contributed by atoms with Crippen molar-refractivity contribution in [2.24, 2.45) is 0 Å². The molecule has 0 saturated carbocycles. The molecule has 1 aliphatic heterocycles. The highest BCUT2D eigenvalue weighted by Gasteiger charge is 2.16. The Morgan fingerprint density at radius 1 is 1.22 bits per heavy atom. The number of nitrogens with one attached hydrogen (secondary N) is 2. The zero-order valence-electron chi connectivity index (χ0n) is 9.81. The first-order chi connectivity index (χ1) is 8.58. The molecule has 0 radical (unpaired) electrons. The maximum Gasteiger partial charge on any atom is 0.321 e. The van der Waals surface area contributed by atoms with E-state index in [4.69, 9.17) is 14.6 Å². The SMILES string of the molecule is O=C(O)CCC(=O)NC(=O)NCC1COCCO1. The van der Waals surface area contributed by atoms with E-state index in [1.165, 1.54) is 0 Å². The molecule has 1 saturated heterocycles. The summed E-state index contributed by atoms with van der Waals surface area (Å²) in [5.41, 5.74) is 0. The number of carboxylic acids is 1. The third kappa shape index (κ3) is 6.16. The van der Waals surface area contributed by atoms with Crippen molar-refractivity contribution in [2.45, 2.75) is 18.9 Å². The lowest BCUT2D eigenvalue weighted by Gasteiger charge is -2.22. The quantitative estimate of drug-likeness (QED) is 0.590. The van der Waals surface area contributed by atoms with Crippen LogP contribution in [0.2, 0.25) is 0 Å². The number of carboxylic acid groups (broad SMARTS) is 1. The van der Waals surface area contributed by atoms with E-state index in [1.54, 1.807) is 0 Å². The highest BCUT2D eigenvalue weighted by Crippen LogP contribution is 1.98. The third-order valence-electron chi connectivity index (χ3n) is 2.19. The van der Waals surface area contributed by atoms with Crippen LogP contribution in [0.1, 0.15) is 12.8 Å². The smallest absolute Gasteiger partial charge is 0.321 e. The summed E-state index contributed by atoms with van der Waals surface area (Å²) in [6.07, 6.45) is -0.761. The van der Waals surface area contributed by atoms with Crippen LogP contribution in [0.25, 0.3) is 0 Å². The van der Waals surface area contributed by atoms with Gasteiger partial charge in [-0.2, -0.15) is 0 Å². The Balaban J connectivity index is 2.12. The van der Waals surface area contributed by atoms with Gasteiger partial charge < -0.3 is 19.9 Å². The molecule has 1 unspecified atom stereocenters. The summed E-state index contributed by atoms with van der Waals surface area (Å²) in [4.78, 5) is 32.6. The summed E-state index contributed by atoms with van der Waals surface area (Å²) in [6.45, 7) is 1.65. The van der Waals surface area contributed by atoms with Gasteiger partial charge in [-0.1, -0.05) is 0 Å². The Bertz CT molecular complexity index is 313. The van der Waals surface area contributed by atoms with Crippen LogP contribution < -0.4 is 10.6 Å². The molecule has 0 aromatic heterocycles. The number of amides is 3. The predicted octanol–water partition coefficient (Wildman–Crippen LogP) is -0.908. The van der Waals surface area contributed by atoms with Gasteiger partial charge in [-0.15, -0.1) is 0 Å². The fourth-order valence-electron chi connectivity index (χ4n) is 1.31. The first-order valence-corrected chi connectivity index (χ1v) is 5.56. The Morgan fingerprint density at radius 2 is 2.00 bits per heavy atom. The van der Waals surface area contributed by atoms with E-state index in [-0.39, 0.29) is 25.5 Å². The summed E-state index contributed by atoms with van der Waals surface area (Å²) in [6, 6.07) is -0.667. The maximum absolute atomic E-state index is 11.3. The molecule has 0 bridgehead atoms. The topological polar surface area (TPSA) is 114 Å². The first-order valence-electron chi connectivity index (χ1n) is 5.56. The number of carbonyl (C=O) groups is 3. The van der Waals surface area contributed by atoms with Crippen molar-refractivity contribution in [1.29, 1.82) is 0 Å². The molecular formula is C10H16N2O6. The summed E-state index contributed by atoms with van der Waals surface area (Å²) in [5.74, 6) is -1.71. The minimum absolute atomic E-state index is 0.223. The van der Waals surface area contributed by atoms with E-state index >= 15 is 0 Å². The normalized spacial score (nSPS) is 19.0. The van der Waals surface area contributed by atoms with Crippen LogP contribution in [0, 0.1) is 0 Å². The first kappa shape index (κ1) is 14.4. The molecule has 3 N–H and O–H groups in total. The zero-order valence-corrected chi connectivity index (χ0v) is 9.81. The molecule has 1 rings (SSSR count). The number of aliphatic carboxylic acids is 1. The van der Waals surface area contributed by atoms with Crippen molar-refractivity contribution in [1.82, 2.24) is 10.6 Å². The Hall–Kier alpha value is -1.67. The van der Waals surface area contributed by atoms with Crippen LogP contribution in [0.4, 0.5) is 4.79 Å². The summed E-state index contributed by atoms with van der Waals surface area (Å²) in [5, 5.41) is 12.8. The van der Waals surface area contributed by atoms with Crippen molar-refractivity contribution >= 4 is 17.9 Å². The largest absolute Gasteiger partial charge is 0.481 e. The van der Waals surface area contributed by atoms with Crippen molar-refractivity contribution in [3.63, 3.8) is 0 Å². The molecular weight excluding hydrogens is 244 g/mol. The minimum atomic E-state index is -1.08. The van der Waals surface area contributed by atoms with E-state index in [0.29, 0.717) is 19.8 Å². The molecule has 1 atom stereocenters. The van der Waals surface area contributed by atoms with Gasteiger partial charge in [0, 0.05) is 13.0 Å². The van der Waals surface area contributed by atoms with Crippen LogP contribution in [0.15, 0.2) is 0 Å². The number of rotatable bonds is 5. The lowest BCUT2D eigenvalue weighted by Crippen LogP contribution is -2.45. The molecule has 8 nitrogen and oxygen atoms in total. The Kier molecular flexibility index (Phi) is 6.09. The lowest BCUT2D eigenvalue weighted by molar-refractivity contribution is -0.138. The van der Waals surface area contributed by atoms with Gasteiger partial charge in [-0.3, -0.25) is 14.9 Å². The molecule has 0 aliphatic carbocycles. The van der Waals surface area contributed by atoms with E-state index in [0.717, 1.165) is 0 Å². The summed E-state index contributed by atoms with van der Waals surface area (Å²) >= 11 is 0. The molecule has 1 aliphatic rings. The number of hydrogen-bond donors (Lipinski definition) is 3. The van der Waals surface area contributed by atoms with Crippen LogP contribution in [0.3, 0.4) is 0 Å². The number of hydrogen-bond acceptors (Lipinski definition) is 5. The van der Waals surface area contributed by atoms with Gasteiger partial charge in [-0.05, 0) is 0 Å². The van der Waals surface area contributed by atoms with Crippen LogP contribution in [0.5, 0.6) is 0 Å². The predicted molar refractivity (Wildman–Crippen MR) is 59.0 cm³/mol. The van der Waals surface area contributed by atoms with Gasteiger partial charge in [0.2, 0.25) is 5.91 Å². The highest BCUT2D eigenvalue weighted by molar-refractivity contribution is 5.95. The average Bonchev–Trinajstić information content (AvgIpc) is 2.35. The fourth-order valence-corrected chi connectivity index (χ4v) is 1.31. The van der Waals surface area contributed by atoms with Gasteiger partial charge in [0.05, 0.1) is 32.3 Å². The van der Waals surface area contributed by atoms with Crippen LogP contribution in [-0.4, -0.2) is 55.5 Å². The molecule has 1 heterocycles. The van der Waals surface area contributed by atoms with Gasteiger partial charge in [0.25, 0.3) is 0 Å². The van der Waals surface area contributed by atoms with Gasteiger partial charge in [0.1, 0.15) is 0 Å². The van der Waals surface area contributed by atoms with Crippen LogP contribution >= 0.6 is 0 Å². The zero-order chi connectivity index (χ0) is 13.4. The molecule has 102 valence electrons. The second kappa shape index (κ2) is 7.62. The molecule has 8 heteroatoms. The maximum atomic E-state index is 11.3. The standard InChI is InChI=1S/C10H16N2O6/c13-8(1-2-9(14)15)12-10(16)11-5-7-6-17-3-4-18-7/h7H,1-6H2,(H,14,15)(H2,11,12,13,16). The highest BCUT2D eigenvalue weighted by atomic mass is 16.6. The van der Waals surface area contributed by atoms with E-state index < -0.39 is 17.9 Å². The van der Waals surface area contributed by atoms with Crippen molar-refractivity contribution in [3.05, 3.63) is 0 Å². The third-order valence-corrected chi connectivity index (χ3v) is 2.19. The minimum Gasteiger partial charge on any atom is -0.481 e. The lowest BCUT2D eigenvalue weighted by atomic mass is 10.3. The van der Waals surface area contributed by atoms with Crippen molar-refractivity contribution in [2.75, 3.05) is 26.4 Å². The second-order valence-electron chi connectivity index (χ2n) is 3.72. The fraction of sp³-hybridized carbons (Fsp3) is 0.700. The molecule has 3 amide bonds. The van der Waals surface area contributed by atoms with Gasteiger partial charge in [0.15, 0.2) is 0 Å². The van der Waals surface area contributed by atoms with E-state index in [2.05, 4.69) is 5.32 Å². The molecule has 0 spiro atoms. The molecule has 1 fully saturated rings. The molecule has 0 aromatic rings. The molecule has 0 aromatic carbocycles. The number of ether oxygens (including phenoxy) is 2. The number of imide groups is 1. The van der Waals surface area contributed by atoms with E-state index in [9.17, 15) is 14.4 Å². The number of urea groups is 1. The van der Waals surface area contributed by atoms with Crippen molar-refractivity contribution < 1.29 is 29.0 Å². The second-order valence-corrected chi connectivity index (χ2v) is 3.72. The van der Waals surface area contributed by atoms with Gasteiger partial charge >= 0.3 is 12.0 Å².